The van der Waals surface area contributed by atoms with Gasteiger partial charge in [0.15, 0.2) is 0 Å². The van der Waals surface area contributed by atoms with E-state index in [2.05, 4.69) is 45.6 Å². The standard InChI is InChI=1S/C22H29N5O3/c1-24-21(28)16-23-27(22(24)29)10-4-9-25-11-13-26(14-12-25)20-6-3-5-17-7-8-18(30-2)15-19(17)20/h3,5-8,15,23H,4,9-14,16H2,1-2H3. The topological polar surface area (TPSA) is 68.4 Å². The number of rotatable bonds is 6. The average Bonchev–Trinajstić information content (AvgIpc) is 2.79. The highest BCUT2D eigenvalue weighted by molar-refractivity contribution is 5.97. The first-order valence-electron chi connectivity index (χ1n) is 10.4. The highest BCUT2D eigenvalue weighted by Gasteiger charge is 2.28. The number of imide groups is 1. The van der Waals surface area contributed by atoms with Crippen molar-refractivity contribution in [3.05, 3.63) is 36.4 Å². The maximum atomic E-state index is 12.1. The lowest BCUT2D eigenvalue weighted by Crippen LogP contribution is -2.59. The molecule has 0 aromatic heterocycles. The number of ether oxygens (including phenoxy) is 1. The molecular formula is C22H29N5O3. The van der Waals surface area contributed by atoms with Gasteiger partial charge in [0.2, 0.25) is 5.91 Å². The van der Waals surface area contributed by atoms with Gasteiger partial charge in [-0.3, -0.25) is 19.6 Å². The van der Waals surface area contributed by atoms with Gasteiger partial charge in [0.05, 0.1) is 13.7 Å². The Kier molecular flexibility index (Phi) is 6.06. The number of anilines is 1. The molecule has 2 fully saturated rings. The first-order chi connectivity index (χ1) is 14.6. The van der Waals surface area contributed by atoms with Crippen molar-refractivity contribution in [2.24, 2.45) is 0 Å². The van der Waals surface area contributed by atoms with Crippen LogP contribution in [0, 0.1) is 0 Å². The van der Waals surface area contributed by atoms with Crippen LogP contribution >= 0.6 is 0 Å². The molecule has 8 heteroatoms. The van der Waals surface area contributed by atoms with Crippen molar-refractivity contribution in [3.8, 4) is 5.75 Å². The third kappa shape index (κ3) is 4.20. The number of nitrogens with one attached hydrogen (secondary N) is 1. The smallest absolute Gasteiger partial charge is 0.340 e. The maximum absolute atomic E-state index is 12.1. The van der Waals surface area contributed by atoms with E-state index in [9.17, 15) is 9.59 Å². The second-order valence-electron chi connectivity index (χ2n) is 7.77. The van der Waals surface area contributed by atoms with E-state index in [1.54, 1.807) is 12.1 Å². The zero-order chi connectivity index (χ0) is 21.1. The number of likely N-dealkylation sites (N-methyl/N-ethyl adjacent to an activating group) is 1. The number of hydrazine groups is 1. The van der Waals surface area contributed by atoms with E-state index < -0.39 is 0 Å². The number of piperazine rings is 1. The summed E-state index contributed by atoms with van der Waals surface area (Å²) in [6.45, 7) is 5.61. The van der Waals surface area contributed by atoms with Crippen molar-refractivity contribution in [2.75, 3.05) is 64.9 Å². The van der Waals surface area contributed by atoms with Gasteiger partial charge in [-0.05, 0) is 30.0 Å². The van der Waals surface area contributed by atoms with Crippen LogP contribution in [0.2, 0.25) is 0 Å². The van der Waals surface area contributed by atoms with Crippen LogP contribution in [0.1, 0.15) is 6.42 Å². The number of nitrogens with zero attached hydrogens (tertiary/aromatic N) is 4. The zero-order valence-corrected chi connectivity index (χ0v) is 17.6. The van der Waals surface area contributed by atoms with Crippen molar-refractivity contribution < 1.29 is 14.3 Å². The summed E-state index contributed by atoms with van der Waals surface area (Å²) in [6, 6.07) is 12.4. The van der Waals surface area contributed by atoms with Gasteiger partial charge in [-0.25, -0.2) is 10.2 Å². The second-order valence-corrected chi connectivity index (χ2v) is 7.77. The molecule has 30 heavy (non-hydrogen) atoms. The first-order valence-corrected chi connectivity index (χ1v) is 10.4. The third-order valence-electron chi connectivity index (χ3n) is 5.95. The van der Waals surface area contributed by atoms with Gasteiger partial charge in [-0.2, -0.15) is 0 Å². The Morgan fingerprint density at radius 1 is 1.03 bits per heavy atom. The number of carbonyl (C=O) groups excluding carboxylic acids is 2. The molecule has 2 aromatic rings. The molecule has 2 aliphatic heterocycles. The molecule has 0 unspecified atom stereocenters. The fourth-order valence-corrected chi connectivity index (χ4v) is 4.11. The number of hydrogen-bond acceptors (Lipinski definition) is 6. The molecular weight excluding hydrogens is 382 g/mol. The molecule has 2 heterocycles. The summed E-state index contributed by atoms with van der Waals surface area (Å²) in [7, 11) is 3.23. The minimum Gasteiger partial charge on any atom is -0.497 e. The Labute approximate surface area is 176 Å². The maximum Gasteiger partial charge on any atom is 0.340 e. The van der Waals surface area contributed by atoms with Crippen LogP contribution in [-0.4, -0.2) is 86.7 Å². The van der Waals surface area contributed by atoms with Gasteiger partial charge >= 0.3 is 6.03 Å². The van der Waals surface area contributed by atoms with Crippen molar-refractivity contribution in [1.82, 2.24) is 20.2 Å². The molecule has 0 atom stereocenters. The Morgan fingerprint density at radius 3 is 2.60 bits per heavy atom. The van der Waals surface area contributed by atoms with Crippen LogP contribution < -0.4 is 15.1 Å². The number of urea groups is 1. The molecule has 3 amide bonds. The summed E-state index contributed by atoms with van der Waals surface area (Å²) >= 11 is 0. The summed E-state index contributed by atoms with van der Waals surface area (Å²) in [5.41, 5.74) is 4.15. The highest BCUT2D eigenvalue weighted by Crippen LogP contribution is 2.30. The SMILES string of the molecule is COc1ccc2cccc(N3CCN(CCCN4NCC(=O)N(C)C4=O)CC3)c2c1. The van der Waals surface area contributed by atoms with Crippen molar-refractivity contribution in [3.63, 3.8) is 0 Å². The van der Waals surface area contributed by atoms with Crippen LogP contribution in [0.4, 0.5) is 10.5 Å². The van der Waals surface area contributed by atoms with Gasteiger partial charge in [0.25, 0.3) is 0 Å². The quantitative estimate of drug-likeness (QED) is 0.781. The molecule has 2 aliphatic rings. The molecule has 0 spiro atoms. The van der Waals surface area contributed by atoms with Gasteiger partial charge < -0.3 is 9.64 Å². The Hall–Kier alpha value is -2.84. The number of fused-ring (bicyclic) bond motifs is 1. The minimum atomic E-state index is -0.276. The lowest BCUT2D eigenvalue weighted by Gasteiger charge is -2.37. The van der Waals surface area contributed by atoms with E-state index in [0.717, 1.165) is 44.9 Å². The molecule has 0 saturated carbocycles. The molecule has 8 nitrogen and oxygen atoms in total. The number of amides is 3. The number of benzene rings is 2. The van der Waals surface area contributed by atoms with Gasteiger partial charge in [-0.1, -0.05) is 18.2 Å². The Bertz CT molecular complexity index is 926. The van der Waals surface area contributed by atoms with E-state index in [1.165, 1.54) is 28.4 Å². The van der Waals surface area contributed by atoms with E-state index in [-0.39, 0.29) is 18.5 Å². The van der Waals surface area contributed by atoms with Crippen LogP contribution in [0.5, 0.6) is 5.75 Å². The van der Waals surface area contributed by atoms with Gasteiger partial charge in [-0.15, -0.1) is 0 Å². The number of methoxy groups -OCH3 is 1. The summed E-state index contributed by atoms with van der Waals surface area (Å²) in [5, 5.41) is 3.98. The van der Waals surface area contributed by atoms with Crippen LogP contribution in [0.25, 0.3) is 10.8 Å². The minimum absolute atomic E-state index is 0.177. The fourth-order valence-electron chi connectivity index (χ4n) is 4.11. The van der Waals surface area contributed by atoms with Gasteiger partial charge in [0.1, 0.15) is 5.75 Å². The molecule has 0 bridgehead atoms. The highest BCUT2D eigenvalue weighted by atomic mass is 16.5. The van der Waals surface area contributed by atoms with Gasteiger partial charge in [0, 0.05) is 57.4 Å². The van der Waals surface area contributed by atoms with E-state index in [4.69, 9.17) is 4.74 Å². The normalized spacial score (nSPS) is 18.4. The summed E-state index contributed by atoms with van der Waals surface area (Å²) in [4.78, 5) is 29.7. The largest absolute Gasteiger partial charge is 0.497 e. The predicted octanol–water partition coefficient (Wildman–Crippen LogP) is 1.76. The Balaban J connectivity index is 1.30. The molecule has 0 radical (unpaired) electrons. The average molecular weight is 412 g/mol. The third-order valence-corrected chi connectivity index (χ3v) is 5.95. The van der Waals surface area contributed by atoms with E-state index in [0.29, 0.717) is 6.54 Å². The van der Waals surface area contributed by atoms with E-state index in [1.807, 2.05) is 6.07 Å². The molecule has 0 aliphatic carbocycles. The van der Waals surface area contributed by atoms with Crippen molar-refractivity contribution in [2.45, 2.75) is 6.42 Å². The summed E-state index contributed by atoms with van der Waals surface area (Å²) in [6.07, 6.45) is 0.867. The zero-order valence-electron chi connectivity index (χ0n) is 17.6. The van der Waals surface area contributed by atoms with Crippen LogP contribution in [-0.2, 0) is 4.79 Å². The number of carbonyl (C=O) groups is 2. The number of hydrogen-bond donors (Lipinski definition) is 1. The molecule has 4 rings (SSSR count). The molecule has 160 valence electrons. The Morgan fingerprint density at radius 2 is 1.83 bits per heavy atom. The molecule has 2 saturated heterocycles. The second kappa shape index (κ2) is 8.89. The van der Waals surface area contributed by atoms with Crippen LogP contribution in [0.15, 0.2) is 36.4 Å². The fraction of sp³-hybridized carbons (Fsp3) is 0.455. The lowest BCUT2D eigenvalue weighted by atomic mass is 10.1. The molecule has 2 aromatic carbocycles. The van der Waals surface area contributed by atoms with Crippen molar-refractivity contribution in [1.29, 1.82) is 0 Å². The van der Waals surface area contributed by atoms with Crippen molar-refractivity contribution >= 4 is 28.4 Å². The predicted molar refractivity (Wildman–Crippen MR) is 117 cm³/mol. The van der Waals surface area contributed by atoms with E-state index >= 15 is 0 Å². The summed E-state index contributed by atoms with van der Waals surface area (Å²) in [5.74, 6) is 0.681. The summed E-state index contributed by atoms with van der Waals surface area (Å²) < 4.78 is 5.41. The lowest BCUT2D eigenvalue weighted by molar-refractivity contribution is -0.130. The monoisotopic (exact) mass is 411 g/mol. The molecule has 1 N–H and O–H groups in total. The first kappa shape index (κ1) is 20.4. The van der Waals surface area contributed by atoms with Crippen LogP contribution in [0.3, 0.4) is 0 Å².